The van der Waals surface area contributed by atoms with Gasteiger partial charge in [0.25, 0.3) is 0 Å². The highest BCUT2D eigenvalue weighted by Gasteiger charge is 2.48. The Labute approximate surface area is 106 Å². The average Bonchev–Trinajstić information content (AvgIpc) is 2.95. The van der Waals surface area contributed by atoms with Gasteiger partial charge in [-0.15, -0.1) is 0 Å². The number of carbonyl (C=O) groups is 2. The molecular weight excluding hydrogens is 232 g/mol. The maximum absolute atomic E-state index is 12.5. The first-order chi connectivity index (χ1) is 8.52. The number of hydrogen-bond donors (Lipinski definition) is 1. The summed E-state index contributed by atoms with van der Waals surface area (Å²) in [6, 6.07) is 1.88. The molecule has 1 aliphatic carbocycles. The van der Waals surface area contributed by atoms with Gasteiger partial charge in [-0.2, -0.15) is 5.26 Å². The molecule has 2 aliphatic rings. The molecule has 1 heterocycles. The number of nitriles is 1. The molecule has 2 fully saturated rings. The van der Waals surface area contributed by atoms with Crippen molar-refractivity contribution in [3.8, 4) is 6.07 Å². The van der Waals surface area contributed by atoms with Crippen LogP contribution in [-0.2, 0) is 9.59 Å². The molecule has 0 aromatic carbocycles. The SMILES string of the molecule is CC1C(C(=O)O)CCN1C(=O)C1(C#N)CCCC1. The Kier molecular flexibility index (Phi) is 3.29. The van der Waals surface area contributed by atoms with Crippen LogP contribution in [-0.4, -0.2) is 34.5 Å². The molecule has 1 aliphatic heterocycles. The molecule has 0 radical (unpaired) electrons. The highest BCUT2D eigenvalue weighted by Crippen LogP contribution is 2.41. The van der Waals surface area contributed by atoms with E-state index in [-0.39, 0.29) is 11.9 Å². The summed E-state index contributed by atoms with van der Waals surface area (Å²) in [7, 11) is 0. The zero-order chi connectivity index (χ0) is 13.3. The number of hydrogen-bond acceptors (Lipinski definition) is 3. The quantitative estimate of drug-likeness (QED) is 0.803. The predicted octanol–water partition coefficient (Wildman–Crippen LogP) is 1.39. The molecule has 5 heteroatoms. The van der Waals surface area contributed by atoms with Crippen LogP contribution in [0.25, 0.3) is 0 Å². The molecule has 0 aromatic heterocycles. The van der Waals surface area contributed by atoms with Crippen molar-refractivity contribution in [3.05, 3.63) is 0 Å². The van der Waals surface area contributed by atoms with Crippen molar-refractivity contribution in [2.24, 2.45) is 11.3 Å². The number of nitrogens with zero attached hydrogens (tertiary/aromatic N) is 2. The fourth-order valence-corrected chi connectivity index (χ4v) is 3.18. The number of amides is 1. The third-order valence-corrected chi connectivity index (χ3v) is 4.41. The fourth-order valence-electron chi connectivity index (χ4n) is 3.18. The van der Waals surface area contributed by atoms with E-state index in [1.54, 1.807) is 11.8 Å². The van der Waals surface area contributed by atoms with Crippen molar-refractivity contribution < 1.29 is 14.7 Å². The summed E-state index contributed by atoms with van der Waals surface area (Å²) >= 11 is 0. The van der Waals surface area contributed by atoms with Gasteiger partial charge >= 0.3 is 5.97 Å². The van der Waals surface area contributed by atoms with Gasteiger partial charge in [0.1, 0.15) is 5.41 Å². The van der Waals surface area contributed by atoms with Crippen LogP contribution >= 0.6 is 0 Å². The molecule has 0 spiro atoms. The molecule has 5 nitrogen and oxygen atoms in total. The maximum Gasteiger partial charge on any atom is 0.308 e. The summed E-state index contributed by atoms with van der Waals surface area (Å²) in [5.41, 5.74) is -0.887. The molecule has 2 atom stereocenters. The first kappa shape index (κ1) is 12.9. The maximum atomic E-state index is 12.5. The first-order valence-electron chi connectivity index (χ1n) is 6.47. The molecule has 1 amide bonds. The molecule has 1 saturated heterocycles. The molecule has 0 bridgehead atoms. The normalized spacial score (nSPS) is 30.1. The summed E-state index contributed by atoms with van der Waals surface area (Å²) in [5, 5.41) is 18.4. The van der Waals surface area contributed by atoms with Crippen molar-refractivity contribution in [1.82, 2.24) is 4.90 Å². The van der Waals surface area contributed by atoms with E-state index in [1.807, 2.05) is 0 Å². The topological polar surface area (TPSA) is 81.4 Å². The molecule has 98 valence electrons. The molecular formula is C13H18N2O3. The smallest absolute Gasteiger partial charge is 0.308 e. The summed E-state index contributed by atoms with van der Waals surface area (Å²) in [4.78, 5) is 25.1. The Bertz CT molecular complexity index is 407. The van der Waals surface area contributed by atoms with Gasteiger partial charge in [0.05, 0.1) is 12.0 Å². The second kappa shape index (κ2) is 4.60. The van der Waals surface area contributed by atoms with Gasteiger partial charge < -0.3 is 10.0 Å². The van der Waals surface area contributed by atoms with E-state index in [0.29, 0.717) is 25.8 Å². The van der Waals surface area contributed by atoms with E-state index in [2.05, 4.69) is 6.07 Å². The summed E-state index contributed by atoms with van der Waals surface area (Å²) < 4.78 is 0. The largest absolute Gasteiger partial charge is 0.481 e. The lowest BCUT2D eigenvalue weighted by Crippen LogP contribution is -2.45. The zero-order valence-corrected chi connectivity index (χ0v) is 10.6. The number of carboxylic acids is 1. The lowest BCUT2D eigenvalue weighted by atomic mass is 9.86. The number of rotatable bonds is 2. The van der Waals surface area contributed by atoms with Crippen molar-refractivity contribution in [2.45, 2.75) is 45.1 Å². The van der Waals surface area contributed by atoms with Gasteiger partial charge in [-0.3, -0.25) is 9.59 Å². The van der Waals surface area contributed by atoms with Gasteiger partial charge in [0, 0.05) is 12.6 Å². The Balaban J connectivity index is 2.16. The van der Waals surface area contributed by atoms with Crippen LogP contribution in [0.5, 0.6) is 0 Å². The predicted molar refractivity (Wildman–Crippen MR) is 63.4 cm³/mol. The highest BCUT2D eigenvalue weighted by molar-refractivity contribution is 5.87. The Morgan fingerprint density at radius 2 is 2.00 bits per heavy atom. The van der Waals surface area contributed by atoms with E-state index in [0.717, 1.165) is 12.8 Å². The van der Waals surface area contributed by atoms with Crippen LogP contribution in [0.1, 0.15) is 39.0 Å². The molecule has 1 N–H and O–H groups in total. The third-order valence-electron chi connectivity index (χ3n) is 4.41. The average molecular weight is 250 g/mol. The lowest BCUT2D eigenvalue weighted by Gasteiger charge is -2.30. The fraction of sp³-hybridized carbons (Fsp3) is 0.769. The van der Waals surface area contributed by atoms with Gasteiger partial charge in [0.2, 0.25) is 5.91 Å². The van der Waals surface area contributed by atoms with Gasteiger partial charge in [-0.05, 0) is 26.2 Å². The summed E-state index contributed by atoms with van der Waals surface area (Å²) in [5.74, 6) is -1.50. The van der Waals surface area contributed by atoms with E-state index in [9.17, 15) is 14.9 Å². The molecule has 2 rings (SSSR count). The molecule has 1 saturated carbocycles. The molecule has 2 unspecified atom stereocenters. The lowest BCUT2D eigenvalue weighted by molar-refractivity contribution is -0.144. The summed E-state index contributed by atoms with van der Waals surface area (Å²) in [6.07, 6.45) is 3.53. The van der Waals surface area contributed by atoms with E-state index in [1.165, 1.54) is 0 Å². The van der Waals surface area contributed by atoms with Crippen LogP contribution in [0.4, 0.5) is 0 Å². The Hall–Kier alpha value is -1.57. The van der Waals surface area contributed by atoms with Crippen molar-refractivity contribution in [1.29, 1.82) is 5.26 Å². The monoisotopic (exact) mass is 250 g/mol. The van der Waals surface area contributed by atoms with Crippen molar-refractivity contribution in [3.63, 3.8) is 0 Å². The minimum atomic E-state index is -0.887. The number of aliphatic carboxylic acids is 1. The van der Waals surface area contributed by atoms with Crippen LogP contribution in [0.3, 0.4) is 0 Å². The third kappa shape index (κ3) is 1.86. The van der Waals surface area contributed by atoms with Gasteiger partial charge in [0.15, 0.2) is 0 Å². The van der Waals surface area contributed by atoms with Crippen molar-refractivity contribution in [2.75, 3.05) is 6.54 Å². The highest BCUT2D eigenvalue weighted by atomic mass is 16.4. The number of likely N-dealkylation sites (tertiary alicyclic amines) is 1. The second-order valence-electron chi connectivity index (χ2n) is 5.37. The van der Waals surface area contributed by atoms with Crippen LogP contribution in [0.2, 0.25) is 0 Å². The minimum Gasteiger partial charge on any atom is -0.481 e. The van der Waals surface area contributed by atoms with E-state index >= 15 is 0 Å². The van der Waals surface area contributed by atoms with E-state index < -0.39 is 17.3 Å². The van der Waals surface area contributed by atoms with Gasteiger partial charge in [-0.25, -0.2) is 0 Å². The first-order valence-corrected chi connectivity index (χ1v) is 6.47. The zero-order valence-electron chi connectivity index (χ0n) is 10.6. The summed E-state index contributed by atoms with van der Waals surface area (Å²) in [6.45, 7) is 2.23. The Morgan fingerprint density at radius 1 is 1.39 bits per heavy atom. The molecule has 0 aromatic rings. The molecule has 18 heavy (non-hydrogen) atoms. The number of carbonyl (C=O) groups excluding carboxylic acids is 1. The second-order valence-corrected chi connectivity index (χ2v) is 5.37. The minimum absolute atomic E-state index is 0.154. The van der Waals surface area contributed by atoms with Crippen LogP contribution in [0.15, 0.2) is 0 Å². The van der Waals surface area contributed by atoms with Crippen LogP contribution < -0.4 is 0 Å². The van der Waals surface area contributed by atoms with Crippen molar-refractivity contribution >= 4 is 11.9 Å². The number of carboxylic acid groups (broad SMARTS) is 1. The van der Waals surface area contributed by atoms with Crippen LogP contribution in [0, 0.1) is 22.7 Å². The standard InChI is InChI=1S/C13H18N2O3/c1-9-10(11(16)17)4-7-15(9)12(18)13(8-14)5-2-3-6-13/h9-10H,2-7H2,1H3,(H,16,17). The van der Waals surface area contributed by atoms with E-state index in [4.69, 9.17) is 5.11 Å². The Morgan fingerprint density at radius 3 is 2.44 bits per heavy atom. The van der Waals surface area contributed by atoms with Gasteiger partial charge in [-0.1, -0.05) is 12.8 Å².